The molecule has 0 spiro atoms. The number of likely N-dealkylation sites (N-methyl/N-ethyl adjacent to an activating group) is 1. The van der Waals surface area contributed by atoms with E-state index >= 15 is 0 Å². The lowest BCUT2D eigenvalue weighted by Gasteiger charge is -2.30. The van der Waals surface area contributed by atoms with Gasteiger partial charge in [-0.05, 0) is 12.6 Å². The fraction of sp³-hybridized carbons (Fsp3) is 0.538. The van der Waals surface area contributed by atoms with Gasteiger partial charge in [-0.2, -0.15) is 0 Å². The minimum Gasteiger partial charge on any atom is -0.395 e. The monoisotopic (exact) mass is 238 g/mol. The van der Waals surface area contributed by atoms with E-state index in [1.54, 1.807) is 7.11 Å². The van der Waals surface area contributed by atoms with Crippen LogP contribution in [-0.2, 0) is 11.3 Å². The van der Waals surface area contributed by atoms with Crippen LogP contribution in [0, 0.1) is 0 Å². The van der Waals surface area contributed by atoms with Gasteiger partial charge >= 0.3 is 0 Å². The van der Waals surface area contributed by atoms with Gasteiger partial charge in [0.2, 0.25) is 0 Å². The van der Waals surface area contributed by atoms with Crippen LogP contribution in [0.4, 0.5) is 0 Å². The van der Waals surface area contributed by atoms with Crippen molar-refractivity contribution in [1.29, 1.82) is 0 Å². The van der Waals surface area contributed by atoms with Gasteiger partial charge in [-0.1, -0.05) is 30.3 Å². The summed E-state index contributed by atoms with van der Waals surface area (Å²) >= 11 is 0. The number of ether oxygens (including phenoxy) is 1. The molecule has 0 saturated heterocycles. The number of aliphatic hydroxyl groups excluding tert-OH is 1. The zero-order valence-electron chi connectivity index (χ0n) is 10.5. The first-order chi connectivity index (χ1) is 8.19. The van der Waals surface area contributed by atoms with Gasteiger partial charge in [0.25, 0.3) is 0 Å². The molecule has 0 radical (unpaired) electrons. The molecule has 0 aliphatic heterocycles. The average Bonchev–Trinajstić information content (AvgIpc) is 2.31. The van der Waals surface area contributed by atoms with Crippen molar-refractivity contribution in [2.75, 3.05) is 27.4 Å². The third-order valence-corrected chi connectivity index (χ3v) is 2.88. The highest BCUT2D eigenvalue weighted by atomic mass is 16.5. The third kappa shape index (κ3) is 4.44. The molecule has 1 aromatic carbocycles. The first-order valence-electron chi connectivity index (χ1n) is 5.78. The summed E-state index contributed by atoms with van der Waals surface area (Å²) in [5.74, 6) is 0. The van der Waals surface area contributed by atoms with Crippen molar-refractivity contribution in [3.8, 4) is 0 Å². The number of aliphatic hydroxyl groups is 1. The summed E-state index contributed by atoms with van der Waals surface area (Å²) in [6.07, 6.45) is 0. The van der Waals surface area contributed by atoms with E-state index in [0.29, 0.717) is 6.61 Å². The average molecular weight is 238 g/mol. The van der Waals surface area contributed by atoms with E-state index in [9.17, 15) is 5.11 Å². The topological polar surface area (TPSA) is 58.7 Å². The first-order valence-corrected chi connectivity index (χ1v) is 5.78. The molecule has 0 aliphatic carbocycles. The summed E-state index contributed by atoms with van der Waals surface area (Å²) < 4.78 is 5.02. The quantitative estimate of drug-likeness (QED) is 0.724. The Morgan fingerprint density at radius 3 is 2.53 bits per heavy atom. The molecule has 1 aromatic rings. The lowest BCUT2D eigenvalue weighted by Crippen LogP contribution is -2.50. The van der Waals surface area contributed by atoms with Crippen molar-refractivity contribution in [3.05, 3.63) is 35.9 Å². The van der Waals surface area contributed by atoms with Crippen LogP contribution < -0.4 is 5.73 Å². The Labute approximate surface area is 103 Å². The molecular weight excluding hydrogens is 216 g/mol. The van der Waals surface area contributed by atoms with Crippen molar-refractivity contribution in [1.82, 2.24) is 4.90 Å². The molecule has 4 heteroatoms. The highest BCUT2D eigenvalue weighted by Gasteiger charge is 2.21. The van der Waals surface area contributed by atoms with Crippen LogP contribution in [0.2, 0.25) is 0 Å². The number of benzene rings is 1. The van der Waals surface area contributed by atoms with Crippen molar-refractivity contribution in [2.45, 2.75) is 18.6 Å². The predicted octanol–water partition coefficient (Wildman–Crippen LogP) is 0.453. The Morgan fingerprint density at radius 1 is 1.35 bits per heavy atom. The van der Waals surface area contributed by atoms with Gasteiger partial charge in [-0.15, -0.1) is 0 Å². The number of nitrogens with two attached hydrogens (primary N) is 1. The Morgan fingerprint density at radius 2 is 2.00 bits per heavy atom. The number of hydrogen-bond acceptors (Lipinski definition) is 4. The SMILES string of the molecule is COCC(N)C(CO)N(C)Cc1ccccc1. The molecule has 2 atom stereocenters. The number of methoxy groups -OCH3 is 1. The van der Waals surface area contributed by atoms with Crippen LogP contribution in [0.5, 0.6) is 0 Å². The molecular formula is C13H22N2O2. The van der Waals surface area contributed by atoms with Crippen LogP contribution in [0.25, 0.3) is 0 Å². The summed E-state index contributed by atoms with van der Waals surface area (Å²) in [7, 11) is 3.58. The molecule has 0 heterocycles. The lowest BCUT2D eigenvalue weighted by atomic mass is 10.1. The van der Waals surface area contributed by atoms with Gasteiger partial charge in [-0.25, -0.2) is 0 Å². The van der Waals surface area contributed by atoms with Crippen molar-refractivity contribution >= 4 is 0 Å². The van der Waals surface area contributed by atoms with E-state index in [4.69, 9.17) is 10.5 Å². The summed E-state index contributed by atoms with van der Waals surface area (Å²) in [6.45, 7) is 1.25. The van der Waals surface area contributed by atoms with E-state index in [2.05, 4.69) is 17.0 Å². The van der Waals surface area contributed by atoms with Crippen LogP contribution in [-0.4, -0.2) is 49.5 Å². The van der Waals surface area contributed by atoms with Gasteiger partial charge in [0.15, 0.2) is 0 Å². The molecule has 4 nitrogen and oxygen atoms in total. The Bertz CT molecular complexity index is 306. The summed E-state index contributed by atoms with van der Waals surface area (Å²) in [5.41, 5.74) is 7.17. The predicted molar refractivity (Wildman–Crippen MR) is 68.6 cm³/mol. The minimum absolute atomic E-state index is 0.0356. The van der Waals surface area contributed by atoms with Gasteiger partial charge in [0.1, 0.15) is 0 Å². The molecule has 96 valence electrons. The van der Waals surface area contributed by atoms with E-state index in [0.717, 1.165) is 6.54 Å². The summed E-state index contributed by atoms with van der Waals surface area (Å²) in [4.78, 5) is 2.05. The van der Waals surface area contributed by atoms with E-state index in [1.165, 1.54) is 5.56 Å². The van der Waals surface area contributed by atoms with Crippen LogP contribution in [0.15, 0.2) is 30.3 Å². The molecule has 17 heavy (non-hydrogen) atoms. The largest absolute Gasteiger partial charge is 0.395 e. The molecule has 0 amide bonds. The van der Waals surface area contributed by atoms with E-state index in [-0.39, 0.29) is 18.7 Å². The summed E-state index contributed by atoms with van der Waals surface area (Å²) in [5, 5.41) is 9.39. The maximum Gasteiger partial charge on any atom is 0.0629 e. The smallest absolute Gasteiger partial charge is 0.0629 e. The molecule has 0 aromatic heterocycles. The van der Waals surface area contributed by atoms with Crippen LogP contribution in [0.1, 0.15) is 5.56 Å². The van der Waals surface area contributed by atoms with Gasteiger partial charge < -0.3 is 15.6 Å². The fourth-order valence-electron chi connectivity index (χ4n) is 1.89. The maximum atomic E-state index is 9.39. The second kappa shape index (κ2) is 7.40. The normalized spacial score (nSPS) is 14.9. The third-order valence-electron chi connectivity index (χ3n) is 2.88. The molecule has 0 bridgehead atoms. The summed E-state index contributed by atoms with van der Waals surface area (Å²) in [6, 6.07) is 9.86. The van der Waals surface area contributed by atoms with Crippen molar-refractivity contribution < 1.29 is 9.84 Å². The fourth-order valence-corrected chi connectivity index (χ4v) is 1.89. The standard InChI is InChI=1S/C13H22N2O2/c1-15(8-11-6-4-3-5-7-11)13(9-16)12(14)10-17-2/h3-7,12-13,16H,8-10,14H2,1-2H3. The highest BCUT2D eigenvalue weighted by Crippen LogP contribution is 2.08. The second-order valence-corrected chi connectivity index (χ2v) is 4.27. The van der Waals surface area contributed by atoms with Gasteiger partial charge in [-0.3, -0.25) is 4.90 Å². The zero-order chi connectivity index (χ0) is 12.7. The minimum atomic E-state index is -0.182. The molecule has 0 fully saturated rings. The highest BCUT2D eigenvalue weighted by molar-refractivity contribution is 5.14. The first kappa shape index (κ1) is 14.1. The Kier molecular flexibility index (Phi) is 6.15. The second-order valence-electron chi connectivity index (χ2n) is 4.27. The number of hydrogen-bond donors (Lipinski definition) is 2. The molecule has 0 saturated carbocycles. The van der Waals surface area contributed by atoms with E-state index < -0.39 is 0 Å². The Hall–Kier alpha value is -0.940. The molecule has 0 aliphatic rings. The van der Waals surface area contributed by atoms with Crippen LogP contribution in [0.3, 0.4) is 0 Å². The lowest BCUT2D eigenvalue weighted by molar-refractivity contribution is 0.0817. The molecule has 1 rings (SSSR count). The van der Waals surface area contributed by atoms with Crippen molar-refractivity contribution in [3.63, 3.8) is 0 Å². The van der Waals surface area contributed by atoms with Gasteiger partial charge in [0.05, 0.1) is 19.3 Å². The molecule has 2 unspecified atom stereocenters. The van der Waals surface area contributed by atoms with E-state index in [1.807, 2.05) is 25.2 Å². The zero-order valence-corrected chi connectivity index (χ0v) is 10.5. The van der Waals surface area contributed by atoms with Crippen LogP contribution >= 0.6 is 0 Å². The van der Waals surface area contributed by atoms with Crippen molar-refractivity contribution in [2.24, 2.45) is 5.73 Å². The maximum absolute atomic E-state index is 9.39. The van der Waals surface area contributed by atoms with Gasteiger partial charge in [0, 0.05) is 19.7 Å². The number of rotatable bonds is 7. The number of nitrogens with zero attached hydrogens (tertiary/aromatic N) is 1. The Balaban J connectivity index is 2.57. The molecule has 3 N–H and O–H groups in total.